The standard InChI is InChI=1S/C12H7Cl2F3N2O/c1-6-2-3-7(4-9(6)13)19-11(14)8(5-20)10(18-19)12(15,16)17/h2-5H,1H3. The molecule has 0 N–H and O–H groups in total. The van der Waals surface area contributed by atoms with Gasteiger partial charge in [-0.3, -0.25) is 4.79 Å². The third kappa shape index (κ3) is 2.53. The van der Waals surface area contributed by atoms with Gasteiger partial charge >= 0.3 is 6.18 Å². The minimum Gasteiger partial charge on any atom is -0.298 e. The molecular formula is C12H7Cl2F3N2O. The molecule has 0 fully saturated rings. The Morgan fingerprint density at radius 2 is 1.95 bits per heavy atom. The van der Waals surface area contributed by atoms with Crippen LogP contribution in [-0.2, 0) is 6.18 Å². The number of benzene rings is 1. The van der Waals surface area contributed by atoms with Gasteiger partial charge in [-0.1, -0.05) is 29.3 Å². The molecule has 0 saturated carbocycles. The van der Waals surface area contributed by atoms with Crippen molar-refractivity contribution in [1.29, 1.82) is 0 Å². The van der Waals surface area contributed by atoms with Gasteiger partial charge in [0.2, 0.25) is 0 Å². The predicted octanol–water partition coefficient (Wildman–Crippen LogP) is 4.32. The molecule has 0 radical (unpaired) electrons. The van der Waals surface area contributed by atoms with Crippen molar-refractivity contribution < 1.29 is 18.0 Å². The molecule has 1 aromatic carbocycles. The molecular weight excluding hydrogens is 316 g/mol. The second kappa shape index (κ2) is 5.10. The van der Waals surface area contributed by atoms with Crippen molar-refractivity contribution in [3.05, 3.63) is 45.2 Å². The first-order valence-electron chi connectivity index (χ1n) is 5.33. The number of aryl methyl sites for hydroxylation is 1. The summed E-state index contributed by atoms with van der Waals surface area (Å²) in [6.07, 6.45) is -4.73. The molecule has 0 aliphatic heterocycles. The molecule has 106 valence electrons. The first kappa shape index (κ1) is 14.9. The fraction of sp³-hybridized carbons (Fsp3) is 0.167. The van der Waals surface area contributed by atoms with Crippen molar-refractivity contribution in [3.8, 4) is 5.69 Å². The molecule has 20 heavy (non-hydrogen) atoms. The van der Waals surface area contributed by atoms with Crippen molar-refractivity contribution in [3.63, 3.8) is 0 Å². The van der Waals surface area contributed by atoms with E-state index < -0.39 is 22.6 Å². The highest BCUT2D eigenvalue weighted by molar-refractivity contribution is 6.32. The van der Waals surface area contributed by atoms with E-state index in [-0.39, 0.29) is 12.0 Å². The maximum absolute atomic E-state index is 12.8. The van der Waals surface area contributed by atoms with Gasteiger partial charge in [0.05, 0.1) is 11.3 Å². The second-order valence-corrected chi connectivity index (χ2v) is 4.78. The molecule has 0 spiro atoms. The Bertz CT molecular complexity index is 680. The van der Waals surface area contributed by atoms with Crippen LogP contribution in [0.1, 0.15) is 21.6 Å². The number of carbonyl (C=O) groups is 1. The van der Waals surface area contributed by atoms with Gasteiger partial charge in [-0.2, -0.15) is 18.3 Å². The summed E-state index contributed by atoms with van der Waals surface area (Å²) in [5.74, 6) is 0. The van der Waals surface area contributed by atoms with E-state index in [4.69, 9.17) is 23.2 Å². The first-order chi connectivity index (χ1) is 9.25. The van der Waals surface area contributed by atoms with Crippen molar-refractivity contribution in [2.75, 3.05) is 0 Å². The summed E-state index contributed by atoms with van der Waals surface area (Å²) in [6, 6.07) is 4.54. The van der Waals surface area contributed by atoms with Gasteiger partial charge < -0.3 is 0 Å². The summed E-state index contributed by atoms with van der Waals surface area (Å²) in [5, 5.41) is 3.31. The zero-order chi connectivity index (χ0) is 15.1. The Labute approximate surface area is 121 Å². The van der Waals surface area contributed by atoms with Gasteiger partial charge in [0.1, 0.15) is 5.15 Å². The number of carbonyl (C=O) groups excluding carboxylic acids is 1. The Kier molecular flexibility index (Phi) is 3.80. The zero-order valence-corrected chi connectivity index (χ0v) is 11.5. The maximum atomic E-state index is 12.8. The molecule has 0 unspecified atom stereocenters. The summed E-state index contributed by atoms with van der Waals surface area (Å²) < 4.78 is 39.1. The predicted molar refractivity (Wildman–Crippen MR) is 68.7 cm³/mol. The first-order valence-corrected chi connectivity index (χ1v) is 6.08. The van der Waals surface area contributed by atoms with E-state index in [9.17, 15) is 18.0 Å². The van der Waals surface area contributed by atoms with Crippen molar-refractivity contribution in [1.82, 2.24) is 9.78 Å². The van der Waals surface area contributed by atoms with E-state index in [0.29, 0.717) is 5.02 Å². The van der Waals surface area contributed by atoms with Gasteiger partial charge in [0, 0.05) is 5.02 Å². The number of rotatable bonds is 2. The van der Waals surface area contributed by atoms with Crippen LogP contribution < -0.4 is 0 Å². The molecule has 0 saturated heterocycles. The Morgan fingerprint density at radius 1 is 1.30 bits per heavy atom. The minimum atomic E-state index is -4.76. The van der Waals surface area contributed by atoms with Crippen LogP contribution in [0, 0.1) is 6.92 Å². The summed E-state index contributed by atoms with van der Waals surface area (Å²) in [6.45, 7) is 1.74. The average molecular weight is 323 g/mol. The number of hydrogen-bond donors (Lipinski definition) is 0. The molecule has 8 heteroatoms. The Morgan fingerprint density at radius 3 is 2.40 bits per heavy atom. The molecule has 2 rings (SSSR count). The lowest BCUT2D eigenvalue weighted by Gasteiger charge is -2.05. The van der Waals surface area contributed by atoms with E-state index in [1.807, 2.05) is 0 Å². The third-order valence-electron chi connectivity index (χ3n) is 2.65. The van der Waals surface area contributed by atoms with Gasteiger partial charge in [-0.05, 0) is 24.6 Å². The zero-order valence-electron chi connectivity index (χ0n) is 10.0. The topological polar surface area (TPSA) is 34.9 Å². The SMILES string of the molecule is Cc1ccc(-n2nc(C(F)(F)F)c(C=O)c2Cl)cc1Cl. The lowest BCUT2D eigenvalue weighted by atomic mass is 10.2. The molecule has 2 aromatic rings. The highest BCUT2D eigenvalue weighted by Gasteiger charge is 2.39. The Hall–Kier alpha value is -1.53. The molecule has 0 bridgehead atoms. The number of hydrogen-bond acceptors (Lipinski definition) is 2. The minimum absolute atomic E-state index is 0.0322. The fourth-order valence-corrected chi connectivity index (χ4v) is 2.05. The molecule has 0 aliphatic rings. The van der Waals surface area contributed by atoms with Crippen LogP contribution in [0.25, 0.3) is 5.69 Å². The molecule has 0 amide bonds. The van der Waals surface area contributed by atoms with Crippen LogP contribution in [0.5, 0.6) is 0 Å². The number of halogens is 5. The third-order valence-corrected chi connectivity index (χ3v) is 3.42. The molecule has 3 nitrogen and oxygen atoms in total. The van der Waals surface area contributed by atoms with Crippen LogP contribution in [0.2, 0.25) is 10.2 Å². The number of aldehydes is 1. The fourth-order valence-electron chi connectivity index (χ4n) is 1.61. The van der Waals surface area contributed by atoms with Crippen molar-refractivity contribution in [2.24, 2.45) is 0 Å². The molecule has 1 heterocycles. The van der Waals surface area contributed by atoms with Crippen molar-refractivity contribution >= 4 is 29.5 Å². The molecule has 0 atom stereocenters. The number of alkyl halides is 3. The van der Waals surface area contributed by atoms with Gasteiger partial charge in [0.25, 0.3) is 0 Å². The smallest absolute Gasteiger partial charge is 0.298 e. The van der Waals surface area contributed by atoms with E-state index in [1.165, 1.54) is 12.1 Å². The summed E-state index contributed by atoms with van der Waals surface area (Å²) in [5.41, 5.74) is -1.03. The highest BCUT2D eigenvalue weighted by atomic mass is 35.5. The summed E-state index contributed by atoms with van der Waals surface area (Å²) in [4.78, 5) is 10.8. The monoisotopic (exact) mass is 322 g/mol. The van der Waals surface area contributed by atoms with E-state index in [0.717, 1.165) is 10.2 Å². The Balaban J connectivity index is 2.66. The summed E-state index contributed by atoms with van der Waals surface area (Å²) >= 11 is 11.7. The highest BCUT2D eigenvalue weighted by Crippen LogP contribution is 2.35. The number of aromatic nitrogens is 2. The average Bonchev–Trinajstić information content (AvgIpc) is 2.69. The van der Waals surface area contributed by atoms with Crippen LogP contribution in [-0.4, -0.2) is 16.1 Å². The van der Waals surface area contributed by atoms with E-state index >= 15 is 0 Å². The maximum Gasteiger partial charge on any atom is 0.435 e. The van der Waals surface area contributed by atoms with E-state index in [1.54, 1.807) is 13.0 Å². The van der Waals surface area contributed by atoms with Gasteiger partial charge in [-0.25, -0.2) is 4.68 Å². The lowest BCUT2D eigenvalue weighted by molar-refractivity contribution is -0.141. The lowest BCUT2D eigenvalue weighted by Crippen LogP contribution is -2.09. The van der Waals surface area contributed by atoms with Gasteiger partial charge in [0.15, 0.2) is 12.0 Å². The molecule has 1 aromatic heterocycles. The molecule has 0 aliphatic carbocycles. The van der Waals surface area contributed by atoms with Crippen LogP contribution in [0.4, 0.5) is 13.2 Å². The van der Waals surface area contributed by atoms with Crippen molar-refractivity contribution in [2.45, 2.75) is 13.1 Å². The van der Waals surface area contributed by atoms with Gasteiger partial charge in [-0.15, -0.1) is 0 Å². The van der Waals surface area contributed by atoms with Crippen LogP contribution >= 0.6 is 23.2 Å². The summed E-state index contributed by atoms with van der Waals surface area (Å²) in [7, 11) is 0. The second-order valence-electron chi connectivity index (χ2n) is 4.01. The van der Waals surface area contributed by atoms with Crippen LogP contribution in [0.15, 0.2) is 18.2 Å². The normalized spacial score (nSPS) is 11.7. The largest absolute Gasteiger partial charge is 0.435 e. The van der Waals surface area contributed by atoms with Crippen LogP contribution in [0.3, 0.4) is 0 Å². The number of nitrogens with zero attached hydrogens (tertiary/aromatic N) is 2. The van der Waals surface area contributed by atoms with E-state index in [2.05, 4.69) is 5.10 Å². The quantitative estimate of drug-likeness (QED) is 0.772.